The summed E-state index contributed by atoms with van der Waals surface area (Å²) in [5, 5.41) is 8.90. The molecule has 66 valence electrons. The molecule has 2 heteroatoms. The predicted octanol–water partition coefficient (Wildman–Crippen LogP) is 1.62. The minimum absolute atomic E-state index is 0.0498. The Hall–Kier alpha value is -0.370. The van der Waals surface area contributed by atoms with Gasteiger partial charge in [-0.15, -0.1) is 0 Å². The number of hydrogen-bond donors (Lipinski definition) is 1. The molecule has 2 atom stereocenters. The molecule has 0 saturated carbocycles. The summed E-state index contributed by atoms with van der Waals surface area (Å²) in [6, 6.07) is 0. The lowest BCUT2D eigenvalue weighted by molar-refractivity contribution is -0.127. The number of carbonyl (C=O) groups is 1. The molecule has 0 spiro atoms. The molecule has 0 aliphatic rings. The van der Waals surface area contributed by atoms with Gasteiger partial charge in [0.25, 0.3) is 0 Å². The molecular formula is C9H18O2. The molecule has 11 heavy (non-hydrogen) atoms. The van der Waals surface area contributed by atoms with Crippen LogP contribution in [0.4, 0.5) is 0 Å². The third-order valence-electron chi connectivity index (χ3n) is 2.13. The fraction of sp³-hybridized carbons (Fsp3) is 0.889. The second-order valence-corrected chi connectivity index (χ2v) is 3.57. The molecule has 0 aromatic carbocycles. The van der Waals surface area contributed by atoms with Crippen LogP contribution in [0.15, 0.2) is 0 Å². The van der Waals surface area contributed by atoms with Crippen LogP contribution in [0.1, 0.15) is 34.1 Å². The van der Waals surface area contributed by atoms with Gasteiger partial charge < -0.3 is 5.11 Å². The summed E-state index contributed by atoms with van der Waals surface area (Å²) in [5.74, 6) is 0.834. The van der Waals surface area contributed by atoms with Crippen molar-refractivity contribution >= 4 is 5.78 Å². The largest absolute Gasteiger partial charge is 0.386 e. The van der Waals surface area contributed by atoms with Gasteiger partial charge in [-0.2, -0.15) is 0 Å². The van der Waals surface area contributed by atoms with E-state index in [0.29, 0.717) is 18.3 Å². The lowest BCUT2D eigenvalue weighted by atomic mass is 9.92. The van der Waals surface area contributed by atoms with Crippen LogP contribution in [0.25, 0.3) is 0 Å². The first-order valence-electron chi connectivity index (χ1n) is 4.16. The summed E-state index contributed by atoms with van der Waals surface area (Å²) in [7, 11) is 0. The van der Waals surface area contributed by atoms with E-state index in [0.717, 1.165) is 0 Å². The summed E-state index contributed by atoms with van der Waals surface area (Å²) in [5.41, 5.74) is 0. The van der Waals surface area contributed by atoms with Crippen molar-refractivity contribution in [2.75, 3.05) is 0 Å². The summed E-state index contributed by atoms with van der Waals surface area (Å²) in [4.78, 5) is 11.0. The van der Waals surface area contributed by atoms with Gasteiger partial charge in [0.15, 0.2) is 5.78 Å². The van der Waals surface area contributed by atoms with Crippen molar-refractivity contribution < 1.29 is 9.90 Å². The zero-order chi connectivity index (χ0) is 9.02. The summed E-state index contributed by atoms with van der Waals surface area (Å²) in [6.07, 6.45) is -0.300. The zero-order valence-corrected chi connectivity index (χ0v) is 7.79. The first kappa shape index (κ1) is 10.6. The molecule has 0 amide bonds. The second-order valence-electron chi connectivity index (χ2n) is 3.57. The van der Waals surface area contributed by atoms with E-state index >= 15 is 0 Å². The molecule has 0 bridgehead atoms. The maximum Gasteiger partial charge on any atom is 0.161 e. The van der Waals surface area contributed by atoms with E-state index in [1.54, 1.807) is 0 Å². The van der Waals surface area contributed by atoms with Gasteiger partial charge >= 0.3 is 0 Å². The molecule has 0 aliphatic heterocycles. The Morgan fingerprint density at radius 1 is 1.27 bits per heavy atom. The zero-order valence-electron chi connectivity index (χ0n) is 7.79. The first-order valence-corrected chi connectivity index (χ1v) is 4.16. The molecule has 0 saturated heterocycles. The second kappa shape index (κ2) is 4.50. The number of hydrogen-bond acceptors (Lipinski definition) is 2. The van der Waals surface area contributed by atoms with Crippen LogP contribution < -0.4 is 0 Å². The van der Waals surface area contributed by atoms with E-state index in [1.165, 1.54) is 6.92 Å². The molecule has 1 N–H and O–H groups in total. The molecule has 0 fully saturated rings. The van der Waals surface area contributed by atoms with Gasteiger partial charge in [-0.1, -0.05) is 20.8 Å². The highest BCUT2D eigenvalue weighted by molar-refractivity contribution is 5.82. The van der Waals surface area contributed by atoms with Gasteiger partial charge in [0.2, 0.25) is 0 Å². The first-order chi connectivity index (χ1) is 4.95. The molecular weight excluding hydrogens is 140 g/mol. The van der Waals surface area contributed by atoms with Crippen LogP contribution in [0.2, 0.25) is 0 Å². The van der Waals surface area contributed by atoms with E-state index in [4.69, 9.17) is 5.11 Å². The van der Waals surface area contributed by atoms with Crippen LogP contribution in [0.5, 0.6) is 0 Å². The lowest BCUT2D eigenvalue weighted by Crippen LogP contribution is -2.20. The van der Waals surface area contributed by atoms with Gasteiger partial charge in [0.05, 0.1) is 0 Å². The molecule has 0 rings (SSSR count). The standard InChI is InChI=1S/C9H18O2/c1-6(2)7(3)5-9(11)8(4)10/h6-8,10H,5H2,1-4H3. The SMILES string of the molecule is CC(O)C(=O)CC(C)C(C)C. The van der Waals surface area contributed by atoms with Crippen LogP contribution in [-0.2, 0) is 4.79 Å². The summed E-state index contributed by atoms with van der Waals surface area (Å²) >= 11 is 0. The maximum atomic E-state index is 11.0. The number of aliphatic hydroxyl groups is 1. The number of carbonyl (C=O) groups excluding carboxylic acids is 1. The number of rotatable bonds is 4. The van der Waals surface area contributed by atoms with E-state index in [9.17, 15) is 4.79 Å². The third kappa shape index (κ3) is 4.14. The normalized spacial score (nSPS) is 16.5. The minimum Gasteiger partial charge on any atom is -0.386 e. The van der Waals surface area contributed by atoms with E-state index < -0.39 is 6.10 Å². The monoisotopic (exact) mass is 158 g/mol. The summed E-state index contributed by atoms with van der Waals surface area (Å²) < 4.78 is 0. The molecule has 0 aromatic heterocycles. The minimum atomic E-state index is -0.795. The van der Waals surface area contributed by atoms with Crippen LogP contribution in [-0.4, -0.2) is 17.0 Å². The highest BCUT2D eigenvalue weighted by Crippen LogP contribution is 2.14. The van der Waals surface area contributed by atoms with Gasteiger partial charge in [-0.05, 0) is 18.8 Å². The number of ketones is 1. The van der Waals surface area contributed by atoms with Gasteiger partial charge in [0, 0.05) is 6.42 Å². The number of aliphatic hydroxyl groups excluding tert-OH is 1. The Morgan fingerprint density at radius 3 is 2.00 bits per heavy atom. The highest BCUT2D eigenvalue weighted by Gasteiger charge is 2.15. The van der Waals surface area contributed by atoms with Crippen LogP contribution >= 0.6 is 0 Å². The molecule has 0 heterocycles. The van der Waals surface area contributed by atoms with Crippen molar-refractivity contribution in [2.45, 2.75) is 40.2 Å². The Bertz CT molecular complexity index is 128. The molecule has 2 unspecified atom stereocenters. The Balaban J connectivity index is 3.76. The average molecular weight is 158 g/mol. The predicted molar refractivity (Wildman–Crippen MR) is 45.3 cm³/mol. The third-order valence-corrected chi connectivity index (χ3v) is 2.13. The smallest absolute Gasteiger partial charge is 0.161 e. The summed E-state index contributed by atoms with van der Waals surface area (Å²) in [6.45, 7) is 7.72. The topological polar surface area (TPSA) is 37.3 Å². The molecule has 0 radical (unpaired) electrons. The highest BCUT2D eigenvalue weighted by atomic mass is 16.3. The fourth-order valence-electron chi connectivity index (χ4n) is 0.724. The molecule has 0 aromatic rings. The van der Waals surface area contributed by atoms with Crippen molar-refractivity contribution in [3.63, 3.8) is 0 Å². The number of Topliss-reactive ketones (excluding diaryl/α,β-unsaturated/α-hetero) is 1. The van der Waals surface area contributed by atoms with Crippen LogP contribution in [0.3, 0.4) is 0 Å². The van der Waals surface area contributed by atoms with Crippen molar-refractivity contribution in [1.82, 2.24) is 0 Å². The lowest BCUT2D eigenvalue weighted by Gasteiger charge is -2.14. The Labute approximate surface area is 68.6 Å². The van der Waals surface area contributed by atoms with E-state index in [-0.39, 0.29) is 5.78 Å². The van der Waals surface area contributed by atoms with Gasteiger partial charge in [-0.3, -0.25) is 4.79 Å². The van der Waals surface area contributed by atoms with E-state index in [2.05, 4.69) is 13.8 Å². The maximum absolute atomic E-state index is 11.0. The van der Waals surface area contributed by atoms with Crippen molar-refractivity contribution in [2.24, 2.45) is 11.8 Å². The Kier molecular flexibility index (Phi) is 4.34. The fourth-order valence-corrected chi connectivity index (χ4v) is 0.724. The average Bonchev–Trinajstić information content (AvgIpc) is 1.87. The van der Waals surface area contributed by atoms with Crippen molar-refractivity contribution in [3.8, 4) is 0 Å². The Morgan fingerprint density at radius 2 is 1.73 bits per heavy atom. The van der Waals surface area contributed by atoms with E-state index in [1.807, 2.05) is 6.92 Å². The van der Waals surface area contributed by atoms with Crippen LogP contribution in [0, 0.1) is 11.8 Å². The molecule has 2 nitrogen and oxygen atoms in total. The van der Waals surface area contributed by atoms with Gasteiger partial charge in [-0.25, -0.2) is 0 Å². The van der Waals surface area contributed by atoms with Crippen molar-refractivity contribution in [1.29, 1.82) is 0 Å². The van der Waals surface area contributed by atoms with Gasteiger partial charge in [0.1, 0.15) is 6.10 Å². The molecule has 0 aliphatic carbocycles. The van der Waals surface area contributed by atoms with Crippen molar-refractivity contribution in [3.05, 3.63) is 0 Å². The quantitative estimate of drug-likeness (QED) is 0.675.